The average molecular weight is 466 g/mol. The van der Waals surface area contributed by atoms with Crippen molar-refractivity contribution >= 4 is 22.0 Å². The zero-order valence-corrected chi connectivity index (χ0v) is 18.2. The molecule has 3 amide bonds. The van der Waals surface area contributed by atoms with Gasteiger partial charge < -0.3 is 14.1 Å². The first kappa shape index (κ1) is 22.2. The zero-order valence-electron chi connectivity index (χ0n) is 17.3. The van der Waals surface area contributed by atoms with Gasteiger partial charge in [0.25, 0.3) is 0 Å². The third kappa shape index (κ3) is 5.62. The second-order valence-corrected chi connectivity index (χ2v) is 9.74. The number of sulfonamides is 1. The van der Waals surface area contributed by atoms with Crippen molar-refractivity contribution in [2.24, 2.45) is 5.92 Å². The van der Waals surface area contributed by atoms with Crippen LogP contribution in [0, 0.1) is 11.7 Å². The summed E-state index contributed by atoms with van der Waals surface area (Å²) in [6.07, 6.45) is 3.39. The molecule has 0 spiro atoms. The van der Waals surface area contributed by atoms with Gasteiger partial charge in [-0.2, -0.15) is 0 Å². The zero-order chi connectivity index (χ0) is 22.9. The molecule has 1 aliphatic heterocycles. The summed E-state index contributed by atoms with van der Waals surface area (Å²) >= 11 is 0. The molecule has 10 nitrogen and oxygen atoms in total. The molecule has 2 aromatic rings. The fourth-order valence-electron chi connectivity index (χ4n) is 3.23. The minimum absolute atomic E-state index is 0.0180. The average Bonchev–Trinajstić information content (AvgIpc) is 3.36. The number of hydrogen-bond donors (Lipinski definition) is 2. The van der Waals surface area contributed by atoms with Crippen LogP contribution in [0.5, 0.6) is 5.75 Å². The number of ether oxygens (including phenoxy) is 1. The van der Waals surface area contributed by atoms with Gasteiger partial charge in [0.2, 0.25) is 21.8 Å². The van der Waals surface area contributed by atoms with Crippen molar-refractivity contribution in [2.75, 3.05) is 13.2 Å². The van der Waals surface area contributed by atoms with E-state index in [1.165, 1.54) is 29.4 Å². The van der Waals surface area contributed by atoms with Crippen molar-refractivity contribution in [3.63, 3.8) is 0 Å². The van der Waals surface area contributed by atoms with Gasteiger partial charge in [-0.25, -0.2) is 27.3 Å². The Labute approximate surface area is 184 Å². The summed E-state index contributed by atoms with van der Waals surface area (Å²) in [5, 5.41) is 2.14. The predicted octanol–water partition coefficient (Wildman–Crippen LogP) is 1.83. The lowest BCUT2D eigenvalue weighted by molar-refractivity contribution is -0.118. The Balaban J connectivity index is 1.36. The molecule has 1 atom stereocenters. The van der Waals surface area contributed by atoms with Crippen LogP contribution in [-0.4, -0.2) is 43.4 Å². The van der Waals surface area contributed by atoms with Crippen molar-refractivity contribution in [2.45, 2.75) is 38.1 Å². The topological polar surface area (TPSA) is 131 Å². The second-order valence-electron chi connectivity index (χ2n) is 7.98. The number of oxazole rings is 1. The van der Waals surface area contributed by atoms with Crippen molar-refractivity contribution in [3.05, 3.63) is 47.4 Å². The first-order valence-electron chi connectivity index (χ1n) is 10.1. The van der Waals surface area contributed by atoms with Crippen LogP contribution in [0.15, 0.2) is 28.9 Å². The lowest BCUT2D eigenvalue weighted by atomic mass is 10.1. The molecule has 2 N–H and O–H groups in total. The summed E-state index contributed by atoms with van der Waals surface area (Å²) in [6.45, 7) is 2.01. The number of halogens is 1. The van der Waals surface area contributed by atoms with Crippen LogP contribution in [0.1, 0.15) is 43.0 Å². The molecule has 172 valence electrons. The monoisotopic (exact) mass is 466 g/mol. The number of rotatable bonds is 10. The van der Waals surface area contributed by atoms with Gasteiger partial charge in [-0.3, -0.25) is 10.1 Å². The highest BCUT2D eigenvalue weighted by Crippen LogP contribution is 2.31. The van der Waals surface area contributed by atoms with Gasteiger partial charge in [-0.15, -0.1) is 0 Å². The number of carbonyl (C=O) groups excluding carboxylic acids is 2. The minimum Gasteiger partial charge on any atom is -0.490 e. The minimum atomic E-state index is -3.84. The normalized spacial score (nSPS) is 17.5. The molecule has 1 aromatic heterocycles. The van der Waals surface area contributed by atoms with Crippen molar-refractivity contribution in [1.29, 1.82) is 0 Å². The van der Waals surface area contributed by atoms with Gasteiger partial charge in [0.1, 0.15) is 18.6 Å². The number of urea groups is 1. The third-order valence-corrected chi connectivity index (χ3v) is 6.46. The third-order valence-electron chi connectivity index (χ3n) is 5.12. The highest BCUT2D eigenvalue weighted by atomic mass is 32.2. The number of nitrogens with zero attached hydrogens (tertiary/aromatic N) is 2. The van der Waals surface area contributed by atoms with Gasteiger partial charge in [0.15, 0.2) is 11.6 Å². The molecule has 1 saturated carbocycles. The molecular formula is C20H23FN4O6S. The number of amides is 3. The van der Waals surface area contributed by atoms with Crippen molar-refractivity contribution < 1.29 is 31.6 Å². The van der Waals surface area contributed by atoms with Gasteiger partial charge in [0.05, 0.1) is 18.8 Å². The molecule has 2 heterocycles. The van der Waals surface area contributed by atoms with Crippen LogP contribution in [0.3, 0.4) is 0 Å². The van der Waals surface area contributed by atoms with Crippen molar-refractivity contribution in [3.8, 4) is 5.75 Å². The summed E-state index contributed by atoms with van der Waals surface area (Å²) in [5.74, 6) is -0.929. The first-order valence-corrected chi connectivity index (χ1v) is 11.8. The molecule has 0 bridgehead atoms. The number of hydrogen-bond acceptors (Lipinski definition) is 7. The van der Waals surface area contributed by atoms with E-state index in [1.54, 1.807) is 6.92 Å². The van der Waals surface area contributed by atoms with Crippen LogP contribution in [0.4, 0.5) is 9.18 Å². The largest absolute Gasteiger partial charge is 0.490 e. The van der Waals surface area contributed by atoms with E-state index in [1.807, 2.05) is 0 Å². The molecule has 1 saturated heterocycles. The van der Waals surface area contributed by atoms with Crippen LogP contribution < -0.4 is 14.8 Å². The number of benzene rings is 1. The van der Waals surface area contributed by atoms with E-state index >= 15 is 0 Å². The summed E-state index contributed by atoms with van der Waals surface area (Å²) in [6, 6.07) is 3.07. The van der Waals surface area contributed by atoms with E-state index < -0.39 is 39.6 Å². The highest BCUT2D eigenvalue weighted by molar-refractivity contribution is 7.88. The second kappa shape index (κ2) is 8.87. The summed E-state index contributed by atoms with van der Waals surface area (Å²) < 4.78 is 52.4. The van der Waals surface area contributed by atoms with Gasteiger partial charge in [-0.05, 0) is 43.4 Å². The lowest BCUT2D eigenvalue weighted by Crippen LogP contribution is -2.28. The van der Waals surface area contributed by atoms with Crippen molar-refractivity contribution in [1.82, 2.24) is 19.9 Å². The Morgan fingerprint density at radius 1 is 1.38 bits per heavy atom. The maximum Gasteiger partial charge on any atom is 0.324 e. The van der Waals surface area contributed by atoms with Gasteiger partial charge >= 0.3 is 6.03 Å². The van der Waals surface area contributed by atoms with Crippen LogP contribution in [0.2, 0.25) is 0 Å². The van der Waals surface area contributed by atoms with Crippen LogP contribution in [0.25, 0.3) is 0 Å². The van der Waals surface area contributed by atoms with E-state index in [2.05, 4.69) is 15.0 Å². The van der Waals surface area contributed by atoms with E-state index in [-0.39, 0.29) is 24.7 Å². The molecule has 0 unspecified atom stereocenters. The summed E-state index contributed by atoms with van der Waals surface area (Å²) in [5.41, 5.74) is 0.877. The summed E-state index contributed by atoms with van der Waals surface area (Å²) in [4.78, 5) is 28.2. The Hall–Kier alpha value is -2.99. The van der Waals surface area contributed by atoms with Gasteiger partial charge in [0, 0.05) is 6.04 Å². The Bertz CT molecular complexity index is 1130. The molecule has 1 aromatic carbocycles. The molecule has 4 rings (SSSR count). The Morgan fingerprint density at radius 3 is 2.84 bits per heavy atom. The molecule has 12 heteroatoms. The standard InChI is InChI=1S/C20H23FN4O6S/c1-12(14-4-5-16(21)17(6-14)30-9-13-2-3-13)24-32(28,29)11-19-22-15(10-31-19)7-25-8-18(26)23-20(25)27/h4-6,10,12-13,24H,2-3,7-9,11H2,1H3,(H,23,26,27)/t12-/m1/s1. The molecule has 32 heavy (non-hydrogen) atoms. The van der Waals surface area contributed by atoms with Crippen LogP contribution >= 0.6 is 0 Å². The lowest BCUT2D eigenvalue weighted by Gasteiger charge is -2.16. The maximum atomic E-state index is 14.0. The number of imide groups is 1. The molecule has 1 aliphatic carbocycles. The summed E-state index contributed by atoms with van der Waals surface area (Å²) in [7, 11) is -3.84. The quantitative estimate of drug-likeness (QED) is 0.511. The van der Waals surface area contributed by atoms with E-state index in [0.29, 0.717) is 23.8 Å². The van der Waals surface area contributed by atoms with E-state index in [0.717, 1.165) is 12.8 Å². The predicted molar refractivity (Wildman–Crippen MR) is 109 cm³/mol. The molecular weight excluding hydrogens is 443 g/mol. The fourth-order valence-corrected chi connectivity index (χ4v) is 4.44. The number of carbonyl (C=O) groups is 2. The van der Waals surface area contributed by atoms with E-state index in [4.69, 9.17) is 9.15 Å². The number of aromatic nitrogens is 1. The molecule has 2 fully saturated rings. The van der Waals surface area contributed by atoms with Gasteiger partial charge in [-0.1, -0.05) is 6.07 Å². The molecule has 0 radical (unpaired) electrons. The first-order chi connectivity index (χ1) is 15.2. The number of nitrogens with one attached hydrogen (secondary N) is 2. The maximum absolute atomic E-state index is 14.0. The smallest absolute Gasteiger partial charge is 0.324 e. The highest BCUT2D eigenvalue weighted by Gasteiger charge is 2.28. The van der Waals surface area contributed by atoms with E-state index in [9.17, 15) is 22.4 Å². The Morgan fingerprint density at radius 2 is 2.16 bits per heavy atom. The van der Waals surface area contributed by atoms with Crippen LogP contribution in [-0.2, 0) is 27.1 Å². The SMILES string of the molecule is C[C@@H](NS(=O)(=O)Cc1nc(CN2CC(=O)NC2=O)co1)c1ccc(F)c(OCC2CC2)c1. The fraction of sp³-hybridized carbons (Fsp3) is 0.450. The Kier molecular flexibility index (Phi) is 6.15. The molecule has 2 aliphatic rings.